The molecular weight excluding hydrogens is 308 g/mol. The highest BCUT2D eigenvalue weighted by Gasteiger charge is 2.21. The van der Waals surface area contributed by atoms with Crippen molar-refractivity contribution in [1.29, 1.82) is 0 Å². The second-order valence-electron chi connectivity index (χ2n) is 5.65. The summed E-state index contributed by atoms with van der Waals surface area (Å²) < 4.78 is 5.73. The molecule has 124 valence electrons. The van der Waals surface area contributed by atoms with Crippen LogP contribution in [-0.4, -0.2) is 18.0 Å². The topological polar surface area (TPSA) is 64.3 Å². The first-order valence-corrected chi connectivity index (χ1v) is 8.76. The number of ether oxygens (including phenoxy) is 1. The average molecular weight is 332 g/mol. The minimum atomic E-state index is -0.344. The van der Waals surface area contributed by atoms with Gasteiger partial charge in [0.1, 0.15) is 12.4 Å². The molecule has 0 radical (unpaired) electrons. The quantitative estimate of drug-likeness (QED) is 0.776. The Kier molecular flexibility index (Phi) is 6.19. The molecule has 0 unspecified atom stereocenters. The zero-order valence-electron chi connectivity index (χ0n) is 13.7. The average Bonchev–Trinajstić information content (AvgIpc) is 3.11. The maximum atomic E-state index is 12.3. The fraction of sp³-hybridized carbons (Fsp3) is 0.389. The lowest BCUT2D eigenvalue weighted by molar-refractivity contribution is 0.0941. The number of carbonyl (C=O) groups is 1. The lowest BCUT2D eigenvalue weighted by Gasteiger charge is -2.26. The summed E-state index contributed by atoms with van der Waals surface area (Å²) in [6.07, 6.45) is 1.65. The van der Waals surface area contributed by atoms with E-state index in [-0.39, 0.29) is 11.4 Å². The van der Waals surface area contributed by atoms with Crippen molar-refractivity contribution in [1.82, 2.24) is 5.32 Å². The first-order chi connectivity index (χ1) is 11.1. The van der Waals surface area contributed by atoms with Crippen LogP contribution in [0.25, 0.3) is 0 Å². The van der Waals surface area contributed by atoms with Gasteiger partial charge in [-0.3, -0.25) is 4.79 Å². The van der Waals surface area contributed by atoms with E-state index in [2.05, 4.69) is 5.32 Å². The molecule has 0 aliphatic heterocycles. The summed E-state index contributed by atoms with van der Waals surface area (Å²) in [6.45, 7) is 5.06. The Morgan fingerprint density at radius 2 is 2.04 bits per heavy atom. The first kappa shape index (κ1) is 17.5. The van der Waals surface area contributed by atoms with Gasteiger partial charge in [0.2, 0.25) is 0 Å². The van der Waals surface area contributed by atoms with Gasteiger partial charge in [0.05, 0.1) is 0 Å². The summed E-state index contributed by atoms with van der Waals surface area (Å²) in [7, 11) is 0. The van der Waals surface area contributed by atoms with E-state index in [4.69, 9.17) is 10.5 Å². The van der Waals surface area contributed by atoms with Gasteiger partial charge in [0, 0.05) is 22.5 Å². The molecule has 2 aromatic rings. The molecule has 1 aromatic heterocycles. The Morgan fingerprint density at radius 1 is 1.26 bits per heavy atom. The summed E-state index contributed by atoms with van der Waals surface area (Å²) in [5.74, 6) is 0.569. The summed E-state index contributed by atoms with van der Waals surface area (Å²) in [5, 5.41) is 4.94. The summed E-state index contributed by atoms with van der Waals surface area (Å²) in [4.78, 5) is 13.4. The van der Waals surface area contributed by atoms with Gasteiger partial charge in [-0.2, -0.15) is 0 Å². The van der Waals surface area contributed by atoms with Crippen molar-refractivity contribution in [2.24, 2.45) is 5.73 Å². The number of rotatable bonds is 8. The second kappa shape index (κ2) is 8.13. The van der Waals surface area contributed by atoms with E-state index >= 15 is 0 Å². The molecule has 0 aliphatic carbocycles. The van der Waals surface area contributed by atoms with Crippen molar-refractivity contribution in [3.05, 3.63) is 52.2 Å². The molecule has 0 aliphatic rings. The van der Waals surface area contributed by atoms with Crippen molar-refractivity contribution in [2.75, 3.05) is 6.54 Å². The van der Waals surface area contributed by atoms with Crippen molar-refractivity contribution < 1.29 is 9.53 Å². The fourth-order valence-electron chi connectivity index (χ4n) is 2.13. The molecule has 4 nitrogen and oxygen atoms in total. The van der Waals surface area contributed by atoms with Gasteiger partial charge in [-0.25, -0.2) is 0 Å². The monoisotopic (exact) mass is 332 g/mol. The first-order valence-electron chi connectivity index (χ1n) is 7.88. The van der Waals surface area contributed by atoms with Crippen LogP contribution in [0, 0.1) is 0 Å². The van der Waals surface area contributed by atoms with Gasteiger partial charge in [-0.1, -0.05) is 26.0 Å². The zero-order valence-corrected chi connectivity index (χ0v) is 14.5. The number of amides is 1. The maximum Gasteiger partial charge on any atom is 0.251 e. The summed E-state index contributed by atoms with van der Waals surface area (Å²) in [5.41, 5.74) is 6.46. The van der Waals surface area contributed by atoms with Gasteiger partial charge in [0.25, 0.3) is 5.91 Å². The third kappa shape index (κ3) is 5.08. The van der Waals surface area contributed by atoms with Crippen molar-refractivity contribution in [2.45, 2.75) is 38.8 Å². The van der Waals surface area contributed by atoms with Crippen LogP contribution in [-0.2, 0) is 6.61 Å². The molecule has 1 amide bonds. The highest BCUT2D eigenvalue weighted by molar-refractivity contribution is 7.09. The van der Waals surface area contributed by atoms with Crippen LogP contribution >= 0.6 is 11.3 Å². The van der Waals surface area contributed by atoms with E-state index in [1.807, 2.05) is 43.5 Å². The smallest absolute Gasteiger partial charge is 0.251 e. The van der Waals surface area contributed by atoms with Crippen LogP contribution < -0.4 is 15.8 Å². The predicted molar refractivity (Wildman–Crippen MR) is 94.9 cm³/mol. The van der Waals surface area contributed by atoms with Crippen LogP contribution in [0.15, 0.2) is 41.8 Å². The number of benzene rings is 1. The van der Waals surface area contributed by atoms with E-state index in [9.17, 15) is 4.79 Å². The van der Waals surface area contributed by atoms with E-state index in [1.54, 1.807) is 23.5 Å². The normalized spacial score (nSPS) is 11.3. The number of hydrogen-bond donors (Lipinski definition) is 2. The molecule has 5 heteroatoms. The predicted octanol–water partition coefficient (Wildman–Crippen LogP) is 3.57. The molecular formula is C18H24N2O2S. The summed E-state index contributed by atoms with van der Waals surface area (Å²) >= 11 is 1.65. The number of thiophene rings is 1. The molecule has 3 N–H and O–H groups in total. The molecule has 2 rings (SSSR count). The number of hydrogen-bond acceptors (Lipinski definition) is 4. The third-order valence-corrected chi connectivity index (χ3v) is 4.92. The molecule has 0 bridgehead atoms. The Bertz CT molecular complexity index is 622. The van der Waals surface area contributed by atoms with Crippen molar-refractivity contribution >= 4 is 17.2 Å². The van der Waals surface area contributed by atoms with Gasteiger partial charge in [0.15, 0.2) is 0 Å². The highest BCUT2D eigenvalue weighted by atomic mass is 32.1. The third-order valence-electron chi connectivity index (χ3n) is 4.07. The van der Waals surface area contributed by atoms with E-state index in [0.717, 1.165) is 17.7 Å². The number of nitrogens with one attached hydrogen (secondary N) is 1. The number of carbonyl (C=O) groups excluding carboxylic acids is 1. The molecule has 0 atom stereocenters. The van der Waals surface area contributed by atoms with Crippen molar-refractivity contribution in [3.8, 4) is 5.75 Å². The SMILES string of the molecule is CCC(N)(CC)CNC(=O)c1cccc(OCc2cccs2)c1. The van der Waals surface area contributed by atoms with E-state index in [0.29, 0.717) is 24.5 Å². The van der Waals surface area contributed by atoms with Crippen molar-refractivity contribution in [3.63, 3.8) is 0 Å². The highest BCUT2D eigenvalue weighted by Crippen LogP contribution is 2.17. The molecule has 23 heavy (non-hydrogen) atoms. The Balaban J connectivity index is 1.94. The van der Waals surface area contributed by atoms with Crippen LogP contribution in [0.2, 0.25) is 0 Å². The standard InChI is InChI=1S/C18H24N2O2S/c1-3-18(19,4-2)13-20-17(21)14-7-5-8-15(11-14)22-12-16-9-6-10-23-16/h5-11H,3-4,12-13,19H2,1-2H3,(H,20,21). The molecule has 0 saturated heterocycles. The van der Waals surface area contributed by atoms with Gasteiger partial charge >= 0.3 is 0 Å². The van der Waals surface area contributed by atoms with Gasteiger partial charge < -0.3 is 15.8 Å². The van der Waals surface area contributed by atoms with Gasteiger partial charge in [-0.15, -0.1) is 11.3 Å². The summed E-state index contributed by atoms with van der Waals surface area (Å²) in [6, 6.07) is 11.2. The Morgan fingerprint density at radius 3 is 2.70 bits per heavy atom. The minimum Gasteiger partial charge on any atom is -0.488 e. The Hall–Kier alpha value is -1.85. The van der Waals surface area contributed by atoms with E-state index in [1.165, 1.54) is 0 Å². The lowest BCUT2D eigenvalue weighted by atomic mass is 9.94. The van der Waals surface area contributed by atoms with Crippen LogP contribution in [0.1, 0.15) is 41.9 Å². The fourth-order valence-corrected chi connectivity index (χ4v) is 2.75. The van der Waals surface area contributed by atoms with E-state index < -0.39 is 0 Å². The molecule has 0 fully saturated rings. The number of nitrogens with two attached hydrogens (primary N) is 1. The molecule has 0 spiro atoms. The van der Waals surface area contributed by atoms with Crippen LogP contribution in [0.3, 0.4) is 0 Å². The zero-order chi connectivity index (χ0) is 16.7. The maximum absolute atomic E-state index is 12.3. The molecule has 1 aromatic carbocycles. The Labute approximate surface area is 141 Å². The second-order valence-corrected chi connectivity index (χ2v) is 6.68. The molecule has 1 heterocycles. The van der Waals surface area contributed by atoms with Crippen LogP contribution in [0.4, 0.5) is 0 Å². The minimum absolute atomic E-state index is 0.122. The van der Waals surface area contributed by atoms with Gasteiger partial charge in [-0.05, 0) is 42.5 Å². The lowest BCUT2D eigenvalue weighted by Crippen LogP contribution is -2.49. The molecule has 0 saturated carbocycles. The largest absolute Gasteiger partial charge is 0.488 e. The van der Waals surface area contributed by atoms with Crippen LogP contribution in [0.5, 0.6) is 5.75 Å².